The fourth-order valence-corrected chi connectivity index (χ4v) is 7.19. The van der Waals surface area contributed by atoms with E-state index in [1.165, 1.54) is 64.5 Å². The van der Waals surface area contributed by atoms with Gasteiger partial charge in [0.1, 0.15) is 11.6 Å². The zero-order valence-corrected chi connectivity index (χ0v) is 24.4. The first-order chi connectivity index (χ1) is 19.0. The molecule has 0 bridgehead atoms. The maximum atomic E-state index is 5.30. The molecule has 0 N–H and O–H groups in total. The molecule has 3 aliphatic heterocycles. The van der Waals surface area contributed by atoms with Crippen LogP contribution >= 0.6 is 0 Å². The van der Waals surface area contributed by atoms with Crippen molar-refractivity contribution in [3.05, 3.63) is 70.3 Å². The Morgan fingerprint density at radius 1 is 1.03 bits per heavy atom. The highest BCUT2D eigenvalue weighted by molar-refractivity contribution is 5.72. The minimum atomic E-state index is 0.667. The van der Waals surface area contributed by atoms with Gasteiger partial charge in [-0.1, -0.05) is 37.8 Å². The summed E-state index contributed by atoms with van der Waals surface area (Å²) < 4.78 is 0. The summed E-state index contributed by atoms with van der Waals surface area (Å²) in [5.74, 6) is 2.26. The number of rotatable bonds is 7. The van der Waals surface area contributed by atoms with E-state index in [0.29, 0.717) is 6.04 Å². The number of likely N-dealkylation sites (tertiary alicyclic amines) is 1. The van der Waals surface area contributed by atoms with Gasteiger partial charge in [-0.05, 0) is 76.6 Å². The first-order valence-electron chi connectivity index (χ1n) is 15.3. The van der Waals surface area contributed by atoms with Crippen molar-refractivity contribution in [2.24, 2.45) is 0 Å². The molecule has 2 aromatic rings. The van der Waals surface area contributed by atoms with Gasteiger partial charge in [0, 0.05) is 67.7 Å². The second-order valence-corrected chi connectivity index (χ2v) is 12.0. The molecule has 2 fully saturated rings. The third-order valence-corrected chi connectivity index (χ3v) is 9.60. The van der Waals surface area contributed by atoms with Crippen molar-refractivity contribution in [3.63, 3.8) is 0 Å². The molecule has 6 rings (SSSR count). The first-order valence-corrected chi connectivity index (χ1v) is 15.3. The van der Waals surface area contributed by atoms with Crippen LogP contribution in [0.1, 0.15) is 72.8 Å². The van der Waals surface area contributed by atoms with E-state index in [2.05, 4.69) is 71.3 Å². The Morgan fingerprint density at radius 3 is 2.64 bits per heavy atom. The summed E-state index contributed by atoms with van der Waals surface area (Å²) >= 11 is 0. The standard InChI is InChI=1S/C33H46N6/c1-5-25(3)37-19-21-38(22-20-37)33-28-16-18-39(30-13-7-11-26-10-6-9-24(2)32(26)30)23-29(28)34-31(35-33)15-14-27-12-8-17-36(27)4/h6,9-10,13,27H,3,5,7-8,11-12,14-23H2,1-2,4H3/t27-/m0/s1. The molecular weight excluding hydrogens is 480 g/mol. The van der Waals surface area contributed by atoms with Crippen LogP contribution in [0, 0.1) is 6.92 Å². The second-order valence-electron chi connectivity index (χ2n) is 12.0. The van der Waals surface area contributed by atoms with Crippen LogP contribution in [-0.4, -0.2) is 77.0 Å². The molecule has 1 atom stereocenters. The molecule has 0 unspecified atom stereocenters. The lowest BCUT2D eigenvalue weighted by Gasteiger charge is -2.40. The number of nitrogens with zero attached hydrogens (tertiary/aromatic N) is 6. The van der Waals surface area contributed by atoms with E-state index in [9.17, 15) is 0 Å². The third kappa shape index (κ3) is 5.32. The van der Waals surface area contributed by atoms with Gasteiger partial charge in [0.15, 0.2) is 0 Å². The van der Waals surface area contributed by atoms with E-state index in [4.69, 9.17) is 9.97 Å². The minimum absolute atomic E-state index is 0.667. The monoisotopic (exact) mass is 526 g/mol. The Kier molecular flexibility index (Phi) is 7.66. The van der Waals surface area contributed by atoms with E-state index < -0.39 is 0 Å². The van der Waals surface area contributed by atoms with Crippen LogP contribution in [0.25, 0.3) is 5.70 Å². The molecule has 1 aromatic heterocycles. The van der Waals surface area contributed by atoms with E-state index in [1.54, 1.807) is 0 Å². The fourth-order valence-electron chi connectivity index (χ4n) is 7.19. The SMILES string of the molecule is C=C(CC)N1CCN(c2nc(CC[C@@H]3CCCN3C)nc3c2CCN(C2=CCCc4cccc(C)c42)C3)CC1. The van der Waals surface area contributed by atoms with Gasteiger partial charge < -0.3 is 19.6 Å². The highest BCUT2D eigenvalue weighted by atomic mass is 15.3. The largest absolute Gasteiger partial charge is 0.372 e. The summed E-state index contributed by atoms with van der Waals surface area (Å²) in [5.41, 5.74) is 9.65. The average Bonchev–Trinajstić information content (AvgIpc) is 3.39. The average molecular weight is 527 g/mol. The normalized spacial score (nSPS) is 21.6. The Bertz CT molecular complexity index is 1240. The van der Waals surface area contributed by atoms with Gasteiger partial charge in [0.05, 0.1) is 12.2 Å². The van der Waals surface area contributed by atoms with Crippen LogP contribution in [-0.2, 0) is 25.8 Å². The number of benzene rings is 1. The molecule has 0 amide bonds. The van der Waals surface area contributed by atoms with Crippen molar-refractivity contribution in [3.8, 4) is 0 Å². The van der Waals surface area contributed by atoms with Crippen molar-refractivity contribution in [2.75, 3.05) is 51.2 Å². The Balaban J connectivity index is 1.28. The van der Waals surface area contributed by atoms with Crippen molar-refractivity contribution in [1.82, 2.24) is 24.7 Å². The maximum Gasteiger partial charge on any atom is 0.136 e. The molecule has 4 heterocycles. The van der Waals surface area contributed by atoms with Crippen LogP contribution in [0.3, 0.4) is 0 Å². The number of aryl methyl sites for hydroxylation is 3. The molecule has 2 saturated heterocycles. The Labute approximate surface area is 235 Å². The van der Waals surface area contributed by atoms with Gasteiger partial charge in [0.2, 0.25) is 0 Å². The van der Waals surface area contributed by atoms with Gasteiger partial charge in [-0.3, -0.25) is 0 Å². The van der Waals surface area contributed by atoms with Gasteiger partial charge >= 0.3 is 0 Å². The molecule has 208 valence electrons. The van der Waals surface area contributed by atoms with Crippen LogP contribution in [0.4, 0.5) is 5.82 Å². The fraction of sp³-hybridized carbons (Fsp3) is 0.576. The highest BCUT2D eigenvalue weighted by Gasteiger charge is 2.30. The van der Waals surface area contributed by atoms with E-state index >= 15 is 0 Å². The van der Waals surface area contributed by atoms with Gasteiger partial charge in [0.25, 0.3) is 0 Å². The molecule has 1 aromatic carbocycles. The molecule has 1 aliphatic carbocycles. The Morgan fingerprint density at radius 2 is 1.87 bits per heavy atom. The van der Waals surface area contributed by atoms with Gasteiger partial charge in [-0.2, -0.15) is 0 Å². The number of hydrogen-bond acceptors (Lipinski definition) is 6. The lowest BCUT2D eigenvalue weighted by molar-refractivity contribution is 0.294. The molecule has 0 spiro atoms. The minimum Gasteiger partial charge on any atom is -0.372 e. The lowest BCUT2D eigenvalue weighted by Crippen LogP contribution is -2.47. The summed E-state index contributed by atoms with van der Waals surface area (Å²) in [7, 11) is 2.27. The maximum absolute atomic E-state index is 5.30. The molecule has 0 saturated carbocycles. The molecule has 39 heavy (non-hydrogen) atoms. The highest BCUT2D eigenvalue weighted by Crippen LogP contribution is 2.36. The Hall–Kier alpha value is -2.86. The summed E-state index contributed by atoms with van der Waals surface area (Å²) in [5, 5.41) is 0. The van der Waals surface area contributed by atoms with E-state index in [0.717, 1.165) is 83.6 Å². The van der Waals surface area contributed by atoms with Crippen LogP contribution < -0.4 is 4.90 Å². The van der Waals surface area contributed by atoms with Gasteiger partial charge in [-0.15, -0.1) is 0 Å². The van der Waals surface area contributed by atoms with Crippen molar-refractivity contribution < 1.29 is 0 Å². The van der Waals surface area contributed by atoms with Crippen LogP contribution in [0.15, 0.2) is 36.6 Å². The number of anilines is 1. The number of piperazine rings is 1. The topological polar surface area (TPSA) is 38.7 Å². The zero-order chi connectivity index (χ0) is 26.9. The van der Waals surface area contributed by atoms with Crippen molar-refractivity contribution >= 4 is 11.5 Å². The summed E-state index contributed by atoms with van der Waals surface area (Å²) in [6.45, 7) is 16.0. The molecule has 0 radical (unpaired) electrons. The quantitative estimate of drug-likeness (QED) is 0.494. The second kappa shape index (κ2) is 11.3. The molecular formula is C33H46N6. The molecule has 6 nitrogen and oxygen atoms in total. The van der Waals surface area contributed by atoms with Crippen molar-refractivity contribution in [2.45, 2.75) is 77.8 Å². The number of fused-ring (bicyclic) bond motifs is 2. The van der Waals surface area contributed by atoms with Crippen LogP contribution in [0.2, 0.25) is 0 Å². The zero-order valence-electron chi connectivity index (χ0n) is 24.4. The van der Waals surface area contributed by atoms with Crippen LogP contribution in [0.5, 0.6) is 0 Å². The predicted octanol–water partition coefficient (Wildman–Crippen LogP) is 5.20. The number of aromatic nitrogens is 2. The molecule has 4 aliphatic rings. The van der Waals surface area contributed by atoms with E-state index in [-0.39, 0.29) is 0 Å². The number of allylic oxidation sites excluding steroid dienone is 2. The van der Waals surface area contributed by atoms with E-state index in [1.807, 2.05) is 0 Å². The van der Waals surface area contributed by atoms with Crippen molar-refractivity contribution in [1.29, 1.82) is 0 Å². The van der Waals surface area contributed by atoms with Gasteiger partial charge in [-0.25, -0.2) is 9.97 Å². The lowest BCUT2D eigenvalue weighted by atomic mass is 9.89. The summed E-state index contributed by atoms with van der Waals surface area (Å²) in [4.78, 5) is 20.7. The molecule has 6 heteroatoms. The smallest absolute Gasteiger partial charge is 0.136 e. The first kappa shape index (κ1) is 26.4. The summed E-state index contributed by atoms with van der Waals surface area (Å²) in [6.07, 6.45) is 11.5. The summed E-state index contributed by atoms with van der Waals surface area (Å²) in [6, 6.07) is 7.46. The third-order valence-electron chi connectivity index (χ3n) is 9.60. The number of hydrogen-bond donors (Lipinski definition) is 0. The predicted molar refractivity (Wildman–Crippen MR) is 161 cm³/mol.